The number of nitrogens with zero attached hydrogens (tertiary/aromatic N) is 3. The Bertz CT molecular complexity index is 809. The zero-order chi connectivity index (χ0) is 17.2. The van der Waals surface area contributed by atoms with Gasteiger partial charge in [0.1, 0.15) is 0 Å². The summed E-state index contributed by atoms with van der Waals surface area (Å²) in [6.07, 6.45) is 5.12. The second-order valence-electron chi connectivity index (χ2n) is 6.22. The van der Waals surface area contributed by atoms with Crippen molar-refractivity contribution in [3.63, 3.8) is 0 Å². The normalized spacial score (nSPS) is 18.6. The molecule has 1 N–H and O–H groups in total. The SMILES string of the molecule is Cc1ccc(C)c(S(=O)(=O)N[C@H]2CCCN(c3ncccn3)C2)c1. The van der Waals surface area contributed by atoms with Crippen LogP contribution < -0.4 is 9.62 Å². The van der Waals surface area contributed by atoms with Gasteiger partial charge in [-0.05, 0) is 49.9 Å². The fraction of sp³-hybridized carbons (Fsp3) is 0.412. The van der Waals surface area contributed by atoms with Gasteiger partial charge >= 0.3 is 0 Å². The van der Waals surface area contributed by atoms with Crippen LogP contribution >= 0.6 is 0 Å². The summed E-state index contributed by atoms with van der Waals surface area (Å²) in [5.74, 6) is 0.646. The average molecular weight is 346 g/mol. The maximum absolute atomic E-state index is 12.8. The van der Waals surface area contributed by atoms with E-state index in [9.17, 15) is 8.42 Å². The van der Waals surface area contributed by atoms with Crippen LogP contribution in [0.5, 0.6) is 0 Å². The van der Waals surface area contributed by atoms with Gasteiger partial charge < -0.3 is 4.90 Å². The van der Waals surface area contributed by atoms with Crippen LogP contribution in [-0.4, -0.2) is 37.5 Å². The molecule has 1 fully saturated rings. The number of benzene rings is 1. The second kappa shape index (κ2) is 6.86. The number of sulfonamides is 1. The molecule has 1 saturated heterocycles. The van der Waals surface area contributed by atoms with Crippen molar-refractivity contribution in [3.05, 3.63) is 47.8 Å². The lowest BCUT2D eigenvalue weighted by Gasteiger charge is -2.33. The molecule has 0 unspecified atom stereocenters. The number of rotatable bonds is 4. The molecule has 2 aromatic rings. The number of piperidine rings is 1. The van der Waals surface area contributed by atoms with Gasteiger partial charge in [0.2, 0.25) is 16.0 Å². The summed E-state index contributed by atoms with van der Waals surface area (Å²) in [4.78, 5) is 10.9. The summed E-state index contributed by atoms with van der Waals surface area (Å²) in [6.45, 7) is 5.13. The summed E-state index contributed by atoms with van der Waals surface area (Å²) in [5.41, 5.74) is 1.69. The van der Waals surface area contributed by atoms with Crippen molar-refractivity contribution in [2.24, 2.45) is 0 Å². The zero-order valence-electron chi connectivity index (χ0n) is 13.9. The van der Waals surface area contributed by atoms with Gasteiger partial charge in [0.25, 0.3) is 0 Å². The molecule has 2 heterocycles. The van der Waals surface area contributed by atoms with E-state index in [1.807, 2.05) is 30.9 Å². The second-order valence-corrected chi connectivity index (χ2v) is 7.91. The van der Waals surface area contributed by atoms with Gasteiger partial charge in [-0.3, -0.25) is 0 Å². The number of hydrogen-bond donors (Lipinski definition) is 1. The quantitative estimate of drug-likeness (QED) is 0.917. The van der Waals surface area contributed by atoms with Gasteiger partial charge in [0, 0.05) is 31.5 Å². The Labute approximate surface area is 143 Å². The fourth-order valence-corrected chi connectivity index (χ4v) is 4.58. The van der Waals surface area contributed by atoms with E-state index in [1.165, 1.54) is 0 Å². The number of nitrogens with one attached hydrogen (secondary N) is 1. The van der Waals surface area contributed by atoms with E-state index in [0.29, 0.717) is 17.4 Å². The van der Waals surface area contributed by atoms with Crippen LogP contribution in [0.15, 0.2) is 41.6 Å². The van der Waals surface area contributed by atoms with Gasteiger partial charge in [0.15, 0.2) is 0 Å². The van der Waals surface area contributed by atoms with Crippen LogP contribution in [0.2, 0.25) is 0 Å². The van der Waals surface area contributed by atoms with Crippen molar-refractivity contribution in [2.45, 2.75) is 37.6 Å². The Hall–Kier alpha value is -1.99. The molecule has 0 bridgehead atoms. The Morgan fingerprint density at radius 3 is 2.71 bits per heavy atom. The van der Waals surface area contributed by atoms with Crippen molar-refractivity contribution in [1.29, 1.82) is 0 Å². The minimum absolute atomic E-state index is 0.146. The highest BCUT2D eigenvalue weighted by atomic mass is 32.2. The molecule has 24 heavy (non-hydrogen) atoms. The van der Waals surface area contributed by atoms with Crippen LogP contribution in [0, 0.1) is 13.8 Å². The van der Waals surface area contributed by atoms with E-state index in [1.54, 1.807) is 24.5 Å². The molecule has 1 aliphatic heterocycles. The zero-order valence-corrected chi connectivity index (χ0v) is 14.8. The Kier molecular flexibility index (Phi) is 4.82. The average Bonchev–Trinajstić information content (AvgIpc) is 2.57. The van der Waals surface area contributed by atoms with Crippen LogP contribution in [0.3, 0.4) is 0 Å². The number of aryl methyl sites for hydroxylation is 2. The van der Waals surface area contributed by atoms with Crippen molar-refractivity contribution >= 4 is 16.0 Å². The molecule has 1 atom stereocenters. The Balaban J connectivity index is 1.76. The first-order chi connectivity index (χ1) is 11.5. The van der Waals surface area contributed by atoms with E-state index < -0.39 is 10.0 Å². The molecule has 0 amide bonds. The van der Waals surface area contributed by atoms with Crippen LogP contribution in [0.1, 0.15) is 24.0 Å². The van der Waals surface area contributed by atoms with Gasteiger partial charge in [-0.1, -0.05) is 12.1 Å². The van der Waals surface area contributed by atoms with Crippen molar-refractivity contribution in [3.8, 4) is 0 Å². The van der Waals surface area contributed by atoms with Crippen LogP contribution in [-0.2, 0) is 10.0 Å². The molecule has 1 aliphatic rings. The van der Waals surface area contributed by atoms with Gasteiger partial charge in [-0.2, -0.15) is 0 Å². The third kappa shape index (κ3) is 3.73. The number of anilines is 1. The highest BCUT2D eigenvalue weighted by molar-refractivity contribution is 7.89. The maximum atomic E-state index is 12.8. The lowest BCUT2D eigenvalue weighted by molar-refractivity contribution is 0.461. The monoisotopic (exact) mass is 346 g/mol. The molecule has 1 aromatic carbocycles. The van der Waals surface area contributed by atoms with Crippen molar-refractivity contribution < 1.29 is 8.42 Å². The number of aromatic nitrogens is 2. The van der Waals surface area contributed by atoms with E-state index in [2.05, 4.69) is 14.7 Å². The minimum Gasteiger partial charge on any atom is -0.339 e. The molecular weight excluding hydrogens is 324 g/mol. The first kappa shape index (κ1) is 16.9. The third-order valence-electron chi connectivity index (χ3n) is 4.21. The van der Waals surface area contributed by atoms with E-state index in [0.717, 1.165) is 30.5 Å². The molecule has 0 aliphatic carbocycles. The predicted octanol–water partition coefficient (Wildman–Crippen LogP) is 2.04. The standard InChI is InChI=1S/C17H22N4O2S/c1-13-6-7-14(2)16(11-13)24(22,23)20-15-5-3-10-21(12-15)17-18-8-4-9-19-17/h4,6-9,11,15,20H,3,5,10,12H2,1-2H3/t15-/m0/s1. The third-order valence-corrected chi connectivity index (χ3v) is 5.87. The predicted molar refractivity (Wildman–Crippen MR) is 93.5 cm³/mol. The molecule has 0 radical (unpaired) electrons. The molecule has 0 saturated carbocycles. The van der Waals surface area contributed by atoms with Crippen molar-refractivity contribution in [2.75, 3.05) is 18.0 Å². The summed E-state index contributed by atoms with van der Waals surface area (Å²) in [7, 11) is -3.54. The maximum Gasteiger partial charge on any atom is 0.241 e. The highest BCUT2D eigenvalue weighted by Crippen LogP contribution is 2.20. The van der Waals surface area contributed by atoms with E-state index >= 15 is 0 Å². The van der Waals surface area contributed by atoms with Crippen LogP contribution in [0.4, 0.5) is 5.95 Å². The molecule has 0 spiro atoms. The largest absolute Gasteiger partial charge is 0.339 e. The van der Waals surface area contributed by atoms with Gasteiger partial charge in [-0.25, -0.2) is 23.1 Å². The summed E-state index contributed by atoms with van der Waals surface area (Å²) in [6, 6.07) is 7.11. The Morgan fingerprint density at radius 2 is 1.96 bits per heavy atom. The van der Waals surface area contributed by atoms with E-state index in [4.69, 9.17) is 0 Å². The summed E-state index contributed by atoms with van der Waals surface area (Å²) < 4.78 is 28.4. The minimum atomic E-state index is -3.54. The smallest absolute Gasteiger partial charge is 0.241 e. The molecular formula is C17H22N4O2S. The van der Waals surface area contributed by atoms with E-state index in [-0.39, 0.29) is 6.04 Å². The number of hydrogen-bond acceptors (Lipinski definition) is 5. The first-order valence-corrected chi connectivity index (χ1v) is 9.55. The lowest BCUT2D eigenvalue weighted by Crippen LogP contribution is -2.48. The van der Waals surface area contributed by atoms with Gasteiger partial charge in [-0.15, -0.1) is 0 Å². The first-order valence-electron chi connectivity index (χ1n) is 8.07. The highest BCUT2D eigenvalue weighted by Gasteiger charge is 2.27. The summed E-state index contributed by atoms with van der Waals surface area (Å²) in [5, 5.41) is 0. The molecule has 7 heteroatoms. The summed E-state index contributed by atoms with van der Waals surface area (Å²) >= 11 is 0. The fourth-order valence-electron chi connectivity index (χ4n) is 2.99. The molecule has 3 rings (SSSR count). The van der Waals surface area contributed by atoms with Gasteiger partial charge in [0.05, 0.1) is 4.90 Å². The molecule has 1 aromatic heterocycles. The topological polar surface area (TPSA) is 75.2 Å². The van der Waals surface area contributed by atoms with Crippen LogP contribution in [0.25, 0.3) is 0 Å². The lowest BCUT2D eigenvalue weighted by atomic mass is 10.1. The van der Waals surface area contributed by atoms with Crippen molar-refractivity contribution in [1.82, 2.24) is 14.7 Å². The Morgan fingerprint density at radius 1 is 1.21 bits per heavy atom. The molecule has 128 valence electrons. The molecule has 6 nitrogen and oxygen atoms in total.